The van der Waals surface area contributed by atoms with E-state index in [-0.39, 0.29) is 6.04 Å². The fraction of sp³-hybridized carbons (Fsp3) is 0.600. The molecule has 0 spiro atoms. The summed E-state index contributed by atoms with van der Waals surface area (Å²) in [6.45, 7) is 1.97. The number of nitrogens with one attached hydrogen (secondary N) is 1. The lowest BCUT2D eigenvalue weighted by Crippen LogP contribution is -2.35. The number of thioether (sulfide) groups is 1. The maximum atomic E-state index is 13.2. The first-order valence-electron chi connectivity index (χ1n) is 6.83. The lowest BCUT2D eigenvalue weighted by Gasteiger charge is -2.30. The van der Waals surface area contributed by atoms with Gasteiger partial charge in [-0.1, -0.05) is 0 Å². The largest absolute Gasteiger partial charge is 0.307 e. The first-order valence-corrected chi connectivity index (χ1v) is 8.12. The van der Waals surface area contributed by atoms with Crippen molar-refractivity contribution in [1.29, 1.82) is 0 Å². The molecule has 2 rings (SSSR count). The summed E-state index contributed by atoms with van der Waals surface area (Å²) < 4.78 is 26.4. The van der Waals surface area contributed by atoms with Crippen LogP contribution in [0.1, 0.15) is 44.2 Å². The Morgan fingerprint density at radius 2 is 1.68 bits per heavy atom. The number of halogens is 2. The highest BCUT2D eigenvalue weighted by molar-refractivity contribution is 7.99. The summed E-state index contributed by atoms with van der Waals surface area (Å²) in [5.41, 5.74) is 0.685. The van der Waals surface area contributed by atoms with Crippen LogP contribution in [-0.2, 0) is 0 Å². The van der Waals surface area contributed by atoms with E-state index in [1.165, 1.54) is 25.0 Å². The van der Waals surface area contributed by atoms with Crippen LogP contribution in [0, 0.1) is 11.6 Å². The summed E-state index contributed by atoms with van der Waals surface area (Å²) in [5, 5.41) is 4.27. The van der Waals surface area contributed by atoms with E-state index in [2.05, 4.69) is 11.6 Å². The van der Waals surface area contributed by atoms with E-state index in [9.17, 15) is 8.78 Å². The minimum absolute atomic E-state index is 0.0129. The SMILES string of the molecule is CSC1CCC(NC(C)c2cc(F)cc(F)c2)CC1. The van der Waals surface area contributed by atoms with E-state index in [4.69, 9.17) is 0 Å². The molecule has 0 saturated heterocycles. The van der Waals surface area contributed by atoms with Crippen LogP contribution in [0.25, 0.3) is 0 Å². The Labute approximate surface area is 118 Å². The standard InChI is InChI=1S/C15H21F2NS/c1-10(11-7-12(16)9-13(17)8-11)18-14-3-5-15(19-2)6-4-14/h7-10,14-15,18H,3-6H2,1-2H3. The van der Waals surface area contributed by atoms with E-state index in [1.54, 1.807) is 0 Å². The van der Waals surface area contributed by atoms with Crippen molar-refractivity contribution in [3.8, 4) is 0 Å². The molecule has 1 nitrogen and oxygen atoms in total. The average Bonchev–Trinajstić information content (AvgIpc) is 2.38. The summed E-state index contributed by atoms with van der Waals surface area (Å²) in [7, 11) is 0. The molecule has 0 aromatic heterocycles. The molecule has 0 heterocycles. The third kappa shape index (κ3) is 4.18. The van der Waals surface area contributed by atoms with Crippen molar-refractivity contribution >= 4 is 11.8 Å². The molecule has 0 radical (unpaired) electrons. The molecule has 1 saturated carbocycles. The number of hydrogen-bond acceptors (Lipinski definition) is 2. The molecule has 4 heteroatoms. The third-order valence-corrected chi connectivity index (χ3v) is 5.02. The molecule has 1 unspecified atom stereocenters. The van der Waals surface area contributed by atoms with Gasteiger partial charge in [0.2, 0.25) is 0 Å². The lowest BCUT2D eigenvalue weighted by atomic mass is 9.93. The smallest absolute Gasteiger partial charge is 0.126 e. The van der Waals surface area contributed by atoms with Gasteiger partial charge in [0.05, 0.1) is 0 Å². The molecule has 1 aliphatic rings. The van der Waals surface area contributed by atoms with Gasteiger partial charge in [0.1, 0.15) is 11.6 Å². The van der Waals surface area contributed by atoms with Gasteiger partial charge in [0, 0.05) is 23.4 Å². The van der Waals surface area contributed by atoms with Crippen molar-refractivity contribution in [1.82, 2.24) is 5.32 Å². The molecular weight excluding hydrogens is 264 g/mol. The second-order valence-electron chi connectivity index (χ2n) is 5.30. The number of rotatable bonds is 4. The Bertz CT molecular complexity index is 396. The van der Waals surface area contributed by atoms with Gasteiger partial charge < -0.3 is 5.32 Å². The zero-order valence-electron chi connectivity index (χ0n) is 11.5. The topological polar surface area (TPSA) is 12.0 Å². The fourth-order valence-corrected chi connectivity index (χ4v) is 3.48. The first-order chi connectivity index (χ1) is 9.08. The Morgan fingerprint density at radius 3 is 2.21 bits per heavy atom. The maximum absolute atomic E-state index is 13.2. The molecule has 1 aromatic rings. The van der Waals surface area contributed by atoms with Gasteiger partial charge in [-0.2, -0.15) is 11.8 Å². The Hall–Kier alpha value is -0.610. The molecule has 19 heavy (non-hydrogen) atoms. The summed E-state index contributed by atoms with van der Waals surface area (Å²) in [5.74, 6) is -1.01. The van der Waals surface area contributed by atoms with Crippen molar-refractivity contribution in [2.45, 2.75) is 49.9 Å². The van der Waals surface area contributed by atoms with E-state index in [1.807, 2.05) is 18.7 Å². The summed E-state index contributed by atoms with van der Waals surface area (Å²) >= 11 is 1.94. The van der Waals surface area contributed by atoms with Crippen LogP contribution in [0.15, 0.2) is 18.2 Å². The highest BCUT2D eigenvalue weighted by Gasteiger charge is 2.22. The Balaban J connectivity index is 1.92. The normalized spacial score (nSPS) is 25.3. The Kier molecular flexibility index (Phi) is 5.22. The molecule has 1 aliphatic carbocycles. The van der Waals surface area contributed by atoms with Gasteiger partial charge >= 0.3 is 0 Å². The highest BCUT2D eigenvalue weighted by atomic mass is 32.2. The van der Waals surface area contributed by atoms with Crippen molar-refractivity contribution in [2.24, 2.45) is 0 Å². The highest BCUT2D eigenvalue weighted by Crippen LogP contribution is 2.28. The van der Waals surface area contributed by atoms with Gasteiger partial charge in [-0.25, -0.2) is 8.78 Å². The Morgan fingerprint density at radius 1 is 1.11 bits per heavy atom. The lowest BCUT2D eigenvalue weighted by molar-refractivity contribution is 0.351. The van der Waals surface area contributed by atoms with Crippen molar-refractivity contribution in [3.63, 3.8) is 0 Å². The molecule has 0 bridgehead atoms. The van der Waals surface area contributed by atoms with Crippen molar-refractivity contribution in [3.05, 3.63) is 35.4 Å². The minimum Gasteiger partial charge on any atom is -0.307 e. The van der Waals surface area contributed by atoms with Gasteiger partial charge in [-0.15, -0.1) is 0 Å². The zero-order chi connectivity index (χ0) is 13.8. The van der Waals surface area contributed by atoms with Crippen LogP contribution in [0.4, 0.5) is 8.78 Å². The van der Waals surface area contributed by atoms with Gasteiger partial charge in [0.25, 0.3) is 0 Å². The number of hydrogen-bond donors (Lipinski definition) is 1. The molecule has 1 aromatic carbocycles. The molecule has 1 N–H and O–H groups in total. The van der Waals surface area contributed by atoms with E-state index >= 15 is 0 Å². The van der Waals surface area contributed by atoms with Gasteiger partial charge in [0.15, 0.2) is 0 Å². The van der Waals surface area contributed by atoms with E-state index in [0.29, 0.717) is 11.6 Å². The molecule has 1 fully saturated rings. The molecule has 0 amide bonds. The second-order valence-corrected chi connectivity index (χ2v) is 6.44. The van der Waals surface area contributed by atoms with E-state index in [0.717, 1.165) is 24.2 Å². The molecular formula is C15H21F2NS. The minimum atomic E-state index is -0.505. The predicted molar refractivity (Wildman–Crippen MR) is 77.5 cm³/mol. The quantitative estimate of drug-likeness (QED) is 0.885. The third-order valence-electron chi connectivity index (χ3n) is 3.88. The molecule has 1 atom stereocenters. The molecule has 106 valence electrons. The first kappa shape index (κ1) is 14.8. The van der Waals surface area contributed by atoms with Crippen LogP contribution in [0.2, 0.25) is 0 Å². The van der Waals surface area contributed by atoms with Crippen molar-refractivity contribution in [2.75, 3.05) is 6.26 Å². The molecule has 0 aliphatic heterocycles. The van der Waals surface area contributed by atoms with Crippen LogP contribution in [0.5, 0.6) is 0 Å². The average molecular weight is 285 g/mol. The zero-order valence-corrected chi connectivity index (χ0v) is 12.3. The summed E-state index contributed by atoms with van der Waals surface area (Å²) in [6.07, 6.45) is 6.91. The van der Waals surface area contributed by atoms with Gasteiger partial charge in [-0.3, -0.25) is 0 Å². The summed E-state index contributed by atoms with van der Waals surface area (Å²) in [4.78, 5) is 0. The number of benzene rings is 1. The van der Waals surface area contributed by atoms with Crippen LogP contribution >= 0.6 is 11.8 Å². The van der Waals surface area contributed by atoms with Crippen molar-refractivity contribution < 1.29 is 8.78 Å². The van der Waals surface area contributed by atoms with E-state index < -0.39 is 11.6 Å². The van der Waals surface area contributed by atoms with Crippen LogP contribution in [-0.4, -0.2) is 17.5 Å². The monoisotopic (exact) mass is 285 g/mol. The predicted octanol–water partition coefficient (Wildman–Crippen LogP) is 4.29. The van der Waals surface area contributed by atoms with Crippen LogP contribution in [0.3, 0.4) is 0 Å². The maximum Gasteiger partial charge on any atom is 0.126 e. The van der Waals surface area contributed by atoms with Crippen LogP contribution < -0.4 is 5.32 Å². The second kappa shape index (κ2) is 6.71. The van der Waals surface area contributed by atoms with Gasteiger partial charge in [-0.05, 0) is 56.6 Å². The fourth-order valence-electron chi connectivity index (χ4n) is 2.74. The summed E-state index contributed by atoms with van der Waals surface area (Å²) in [6, 6.07) is 4.19.